The van der Waals surface area contributed by atoms with Crippen molar-refractivity contribution in [3.05, 3.63) is 52.7 Å². The largest absolute Gasteiger partial charge is 0.511 e. The zero-order valence-electron chi connectivity index (χ0n) is 19.1. The molecule has 0 spiro atoms. The number of fused-ring (bicyclic) bond motifs is 1. The van der Waals surface area contributed by atoms with E-state index >= 15 is 0 Å². The van der Waals surface area contributed by atoms with Gasteiger partial charge >= 0.3 is 6.16 Å². The number of aromatic nitrogens is 1. The van der Waals surface area contributed by atoms with Gasteiger partial charge in [0.15, 0.2) is 0 Å². The van der Waals surface area contributed by atoms with Crippen LogP contribution in [0.5, 0.6) is 11.5 Å². The average Bonchev–Trinajstić information content (AvgIpc) is 2.77. The number of ether oxygens (including phenoxy) is 4. The van der Waals surface area contributed by atoms with E-state index in [4.69, 9.17) is 35.5 Å². The summed E-state index contributed by atoms with van der Waals surface area (Å²) < 4.78 is 21.5. The first kappa shape index (κ1) is 26.5. The van der Waals surface area contributed by atoms with Crippen molar-refractivity contribution in [2.45, 2.75) is 20.3 Å². The van der Waals surface area contributed by atoms with Gasteiger partial charge in [-0.25, -0.2) is 4.79 Å². The van der Waals surface area contributed by atoms with E-state index in [1.807, 2.05) is 45.2 Å². The number of methoxy groups -OCH3 is 1. The predicted octanol–water partition coefficient (Wildman–Crippen LogP) is 5.70. The number of carbonyl (C=O) groups is 1. The normalized spacial score (nSPS) is 10.5. The van der Waals surface area contributed by atoms with Crippen molar-refractivity contribution in [1.29, 1.82) is 0 Å². The molecule has 1 N–H and O–H groups in total. The van der Waals surface area contributed by atoms with Gasteiger partial charge in [-0.1, -0.05) is 35.9 Å². The van der Waals surface area contributed by atoms with E-state index in [2.05, 4.69) is 5.32 Å². The molecular formula is C24H28Cl2N2O5. The molecule has 1 aromatic heterocycles. The molecule has 33 heavy (non-hydrogen) atoms. The summed E-state index contributed by atoms with van der Waals surface area (Å²) >= 11 is 6.39. The molecule has 2 aromatic carbocycles. The average molecular weight is 495 g/mol. The van der Waals surface area contributed by atoms with Crippen molar-refractivity contribution in [1.82, 2.24) is 10.3 Å². The molecule has 9 heteroatoms. The summed E-state index contributed by atoms with van der Waals surface area (Å²) in [6.07, 6.45) is -0.0911. The van der Waals surface area contributed by atoms with Crippen molar-refractivity contribution in [3.8, 4) is 22.6 Å². The Bertz CT molecular complexity index is 1110. The lowest BCUT2D eigenvalue weighted by Gasteiger charge is -2.18. The van der Waals surface area contributed by atoms with E-state index in [0.29, 0.717) is 33.8 Å². The highest BCUT2D eigenvalue weighted by Gasteiger charge is 2.20. The minimum atomic E-state index is -0.784. The second kappa shape index (κ2) is 12.5. The zero-order valence-corrected chi connectivity index (χ0v) is 20.6. The number of nitrogens with one attached hydrogen (secondary N) is 1. The minimum absolute atomic E-state index is 0. The second-order valence-electron chi connectivity index (χ2n) is 7.18. The van der Waals surface area contributed by atoms with Crippen molar-refractivity contribution >= 4 is 41.1 Å². The van der Waals surface area contributed by atoms with Crippen LogP contribution in [0, 0.1) is 13.8 Å². The zero-order chi connectivity index (χ0) is 23.1. The number of aryl methyl sites for hydroxylation is 2. The third-order valence-electron chi connectivity index (χ3n) is 4.98. The maximum atomic E-state index is 11.9. The maximum Gasteiger partial charge on any atom is 0.511 e. The summed E-state index contributed by atoms with van der Waals surface area (Å²) in [6, 6.07) is 11.4. The second-order valence-corrected chi connectivity index (χ2v) is 7.59. The van der Waals surface area contributed by atoms with Crippen LogP contribution >= 0.6 is 24.0 Å². The molecule has 7 nitrogen and oxygen atoms in total. The highest BCUT2D eigenvalue weighted by Crippen LogP contribution is 2.42. The van der Waals surface area contributed by atoms with Gasteiger partial charge in [-0.3, -0.25) is 4.98 Å². The van der Waals surface area contributed by atoms with Crippen molar-refractivity contribution < 1.29 is 23.7 Å². The predicted molar refractivity (Wildman–Crippen MR) is 132 cm³/mol. The molecule has 0 saturated carbocycles. The molecule has 0 aliphatic rings. The Hall–Kier alpha value is -2.74. The molecule has 0 unspecified atom stereocenters. The van der Waals surface area contributed by atoms with E-state index in [0.717, 1.165) is 28.9 Å². The van der Waals surface area contributed by atoms with E-state index < -0.39 is 6.16 Å². The van der Waals surface area contributed by atoms with Gasteiger partial charge in [-0.05, 0) is 51.1 Å². The Morgan fingerprint density at radius 2 is 1.91 bits per heavy atom. The van der Waals surface area contributed by atoms with Gasteiger partial charge in [0, 0.05) is 22.7 Å². The Balaban J connectivity index is 0.00000385. The fraction of sp³-hybridized carbons (Fsp3) is 0.333. The fourth-order valence-corrected chi connectivity index (χ4v) is 3.65. The minimum Gasteiger partial charge on any atom is -0.495 e. The summed E-state index contributed by atoms with van der Waals surface area (Å²) in [5, 5.41) is 4.10. The molecule has 3 aromatic rings. The molecule has 0 aliphatic carbocycles. The molecule has 178 valence electrons. The van der Waals surface area contributed by atoms with Crippen LogP contribution in [0.1, 0.15) is 17.7 Å². The lowest BCUT2D eigenvalue weighted by Crippen LogP contribution is -2.16. The summed E-state index contributed by atoms with van der Waals surface area (Å²) in [6.45, 7) is 4.62. The van der Waals surface area contributed by atoms with Gasteiger partial charge in [0.25, 0.3) is 0 Å². The number of halogens is 2. The number of hydrogen-bond acceptors (Lipinski definition) is 7. The Kier molecular flexibility index (Phi) is 10.0. The number of rotatable bonds is 9. The van der Waals surface area contributed by atoms with Crippen LogP contribution in [0.15, 0.2) is 36.4 Å². The maximum absolute atomic E-state index is 11.9. The first-order valence-electron chi connectivity index (χ1n) is 10.3. The topological polar surface area (TPSA) is 78.9 Å². The van der Waals surface area contributed by atoms with E-state index in [-0.39, 0.29) is 25.8 Å². The SMILES string of the molecule is CNCCCOC(=O)OCOc1c(-c2ccccc2C)c(C)nc2cc(OC)c(Cl)cc12.Cl. The monoisotopic (exact) mass is 494 g/mol. The Morgan fingerprint density at radius 1 is 1.15 bits per heavy atom. The van der Waals surface area contributed by atoms with E-state index in [1.165, 1.54) is 0 Å². The van der Waals surface area contributed by atoms with Gasteiger partial charge < -0.3 is 24.3 Å². The first-order valence-corrected chi connectivity index (χ1v) is 10.6. The molecule has 0 aliphatic heterocycles. The summed E-state index contributed by atoms with van der Waals surface area (Å²) in [7, 11) is 3.39. The molecule has 1 heterocycles. The van der Waals surface area contributed by atoms with Crippen LogP contribution in [0.2, 0.25) is 5.02 Å². The van der Waals surface area contributed by atoms with Crippen LogP contribution in [-0.2, 0) is 9.47 Å². The highest BCUT2D eigenvalue weighted by molar-refractivity contribution is 6.33. The number of hydrogen-bond donors (Lipinski definition) is 1. The molecule has 0 radical (unpaired) electrons. The lowest BCUT2D eigenvalue weighted by atomic mass is 9.96. The lowest BCUT2D eigenvalue weighted by molar-refractivity contribution is 0.00504. The van der Waals surface area contributed by atoms with Crippen molar-refractivity contribution in [2.24, 2.45) is 0 Å². The van der Waals surface area contributed by atoms with Gasteiger partial charge in [0.2, 0.25) is 6.79 Å². The van der Waals surface area contributed by atoms with Crippen LogP contribution in [0.3, 0.4) is 0 Å². The third-order valence-corrected chi connectivity index (χ3v) is 5.27. The first-order chi connectivity index (χ1) is 15.5. The molecule has 3 rings (SSSR count). The van der Waals surface area contributed by atoms with Gasteiger partial charge in [0.1, 0.15) is 11.5 Å². The number of nitrogens with zero attached hydrogens (tertiary/aromatic N) is 1. The van der Waals surface area contributed by atoms with Crippen LogP contribution in [0.25, 0.3) is 22.0 Å². The molecule has 0 bridgehead atoms. The Morgan fingerprint density at radius 3 is 2.61 bits per heavy atom. The van der Waals surface area contributed by atoms with Crippen LogP contribution in [-0.4, -0.2) is 45.2 Å². The van der Waals surface area contributed by atoms with Crippen molar-refractivity contribution in [3.63, 3.8) is 0 Å². The number of pyridine rings is 1. The molecule has 0 fully saturated rings. The number of carbonyl (C=O) groups excluding carboxylic acids is 1. The van der Waals surface area contributed by atoms with Crippen LogP contribution < -0.4 is 14.8 Å². The standard InChI is InChI=1S/C24H27ClN2O5.ClH/c1-15-8-5-6-9-17(15)22-16(2)27-20-13-21(29-4)19(25)12-18(20)23(22)31-14-32-24(28)30-11-7-10-26-3;/h5-6,8-9,12-13,26H,7,10-11,14H2,1-4H3;1H. The summed E-state index contributed by atoms with van der Waals surface area (Å²) in [5.74, 6) is 1.04. The smallest absolute Gasteiger partial charge is 0.495 e. The Labute approximate surface area is 204 Å². The van der Waals surface area contributed by atoms with Gasteiger partial charge in [-0.2, -0.15) is 0 Å². The van der Waals surface area contributed by atoms with Gasteiger partial charge in [-0.15, -0.1) is 12.4 Å². The van der Waals surface area contributed by atoms with Crippen LogP contribution in [0.4, 0.5) is 4.79 Å². The number of benzene rings is 2. The summed E-state index contributed by atoms with van der Waals surface area (Å²) in [5.41, 5.74) is 4.26. The van der Waals surface area contributed by atoms with E-state index in [1.54, 1.807) is 19.2 Å². The molecule has 0 atom stereocenters. The molecular weight excluding hydrogens is 467 g/mol. The quantitative estimate of drug-likeness (QED) is 0.232. The van der Waals surface area contributed by atoms with E-state index in [9.17, 15) is 4.79 Å². The third kappa shape index (κ3) is 6.41. The van der Waals surface area contributed by atoms with Gasteiger partial charge in [0.05, 0.1) is 24.3 Å². The summed E-state index contributed by atoms with van der Waals surface area (Å²) in [4.78, 5) is 16.6. The molecule has 0 saturated heterocycles. The van der Waals surface area contributed by atoms with Crippen molar-refractivity contribution in [2.75, 3.05) is 34.1 Å². The molecule has 0 amide bonds. The highest BCUT2D eigenvalue weighted by atomic mass is 35.5. The fourth-order valence-electron chi connectivity index (χ4n) is 3.41.